The molecule has 1 unspecified atom stereocenters. The fraction of sp³-hybridized carbons (Fsp3) is 0.316. The Bertz CT molecular complexity index is 823. The normalized spacial score (nSPS) is 17.3. The van der Waals surface area contributed by atoms with Crippen molar-refractivity contribution in [1.82, 2.24) is 4.90 Å². The molecule has 1 atom stereocenters. The number of aryl methyl sites for hydroxylation is 1. The fourth-order valence-electron chi connectivity index (χ4n) is 3.06. The Hall–Kier alpha value is -2.38. The van der Waals surface area contributed by atoms with Gasteiger partial charge in [0.15, 0.2) is 0 Å². The van der Waals surface area contributed by atoms with Gasteiger partial charge in [0.2, 0.25) is 0 Å². The molecular formula is C19H20N2O4S. The number of carboxylic acids is 1. The second-order valence-electron chi connectivity index (χ2n) is 6.53. The summed E-state index contributed by atoms with van der Waals surface area (Å²) in [6, 6.07) is 13.1. The topological polar surface area (TPSA) is 83.7 Å². The molecule has 7 heteroatoms. The predicted octanol–water partition coefficient (Wildman–Crippen LogP) is 3.96. The first-order valence-corrected chi connectivity index (χ1v) is 9.21. The number of nitro benzene ring substituents is 1. The molecule has 0 amide bonds. The van der Waals surface area contributed by atoms with Gasteiger partial charge in [-0.05, 0) is 43.7 Å². The van der Waals surface area contributed by atoms with Crippen LogP contribution in [0.2, 0.25) is 0 Å². The minimum absolute atomic E-state index is 0.0852. The quantitative estimate of drug-likeness (QED) is 0.610. The van der Waals surface area contributed by atoms with E-state index in [2.05, 4.69) is 0 Å². The summed E-state index contributed by atoms with van der Waals surface area (Å²) in [5.74, 6) is -1.12. The number of carbonyl (C=O) groups is 1. The second kappa shape index (κ2) is 7.88. The van der Waals surface area contributed by atoms with Crippen LogP contribution in [0.15, 0.2) is 52.3 Å². The lowest BCUT2D eigenvalue weighted by atomic mass is 10.1. The highest BCUT2D eigenvalue weighted by Crippen LogP contribution is 2.35. The van der Waals surface area contributed by atoms with Gasteiger partial charge in [-0.1, -0.05) is 35.5 Å². The van der Waals surface area contributed by atoms with E-state index in [1.54, 1.807) is 12.1 Å². The molecular weight excluding hydrogens is 352 g/mol. The summed E-state index contributed by atoms with van der Waals surface area (Å²) >= 11 is 1.37. The fourth-order valence-corrected chi connectivity index (χ4v) is 3.96. The van der Waals surface area contributed by atoms with Crippen molar-refractivity contribution in [1.29, 1.82) is 0 Å². The van der Waals surface area contributed by atoms with Crippen molar-refractivity contribution in [2.75, 3.05) is 13.1 Å². The molecule has 1 fully saturated rings. The van der Waals surface area contributed by atoms with Gasteiger partial charge >= 0.3 is 5.97 Å². The maximum atomic E-state index is 11.5. The van der Waals surface area contributed by atoms with Crippen LogP contribution >= 0.6 is 11.8 Å². The number of aliphatic carboxylic acids is 1. The Morgan fingerprint density at radius 1 is 1.31 bits per heavy atom. The van der Waals surface area contributed by atoms with Crippen LogP contribution in [-0.2, 0) is 11.3 Å². The van der Waals surface area contributed by atoms with Crippen LogP contribution in [0.1, 0.15) is 17.5 Å². The smallest absolute Gasteiger partial charge is 0.307 e. The van der Waals surface area contributed by atoms with Crippen molar-refractivity contribution in [3.63, 3.8) is 0 Å². The van der Waals surface area contributed by atoms with Gasteiger partial charge in [0.25, 0.3) is 5.69 Å². The van der Waals surface area contributed by atoms with E-state index in [1.807, 2.05) is 42.2 Å². The number of benzene rings is 2. The van der Waals surface area contributed by atoms with Crippen molar-refractivity contribution >= 4 is 23.4 Å². The summed E-state index contributed by atoms with van der Waals surface area (Å²) in [7, 11) is 0. The van der Waals surface area contributed by atoms with Gasteiger partial charge in [-0.15, -0.1) is 0 Å². The third kappa shape index (κ3) is 4.42. The monoisotopic (exact) mass is 372 g/mol. The molecule has 1 aliphatic rings. The van der Waals surface area contributed by atoms with Crippen molar-refractivity contribution in [2.24, 2.45) is 5.92 Å². The first kappa shape index (κ1) is 18.4. The Morgan fingerprint density at radius 2 is 2.04 bits per heavy atom. The Labute approximate surface area is 156 Å². The summed E-state index contributed by atoms with van der Waals surface area (Å²) < 4.78 is 0. The van der Waals surface area contributed by atoms with Gasteiger partial charge in [-0.3, -0.25) is 19.8 Å². The zero-order valence-electron chi connectivity index (χ0n) is 14.4. The first-order valence-electron chi connectivity index (χ1n) is 8.39. The minimum Gasteiger partial charge on any atom is -0.481 e. The molecule has 0 spiro atoms. The van der Waals surface area contributed by atoms with E-state index in [0.29, 0.717) is 31.0 Å². The molecule has 2 aromatic rings. The number of nitrogens with zero attached hydrogens (tertiary/aromatic N) is 2. The van der Waals surface area contributed by atoms with Crippen LogP contribution in [0.4, 0.5) is 5.69 Å². The molecule has 0 aliphatic carbocycles. The molecule has 0 aromatic heterocycles. The Balaban J connectivity index is 1.75. The molecule has 136 valence electrons. The standard InChI is InChI=1S/C19H20N2O4S/c1-13-2-5-16(6-3-13)26-18-7-4-14(10-17(18)21(24)25)11-20-9-8-15(12-20)19(22)23/h2-7,10,15H,8-9,11-12H2,1H3,(H,22,23). The number of hydrogen-bond acceptors (Lipinski definition) is 5. The third-order valence-corrected chi connectivity index (χ3v) is 5.57. The maximum Gasteiger partial charge on any atom is 0.307 e. The lowest BCUT2D eigenvalue weighted by Gasteiger charge is -2.15. The maximum absolute atomic E-state index is 11.5. The van der Waals surface area contributed by atoms with E-state index in [4.69, 9.17) is 5.11 Å². The minimum atomic E-state index is -0.775. The van der Waals surface area contributed by atoms with E-state index in [-0.39, 0.29) is 16.5 Å². The highest BCUT2D eigenvalue weighted by molar-refractivity contribution is 7.99. The number of likely N-dealkylation sites (tertiary alicyclic amines) is 1. The average Bonchev–Trinajstić information content (AvgIpc) is 3.07. The lowest BCUT2D eigenvalue weighted by molar-refractivity contribution is -0.387. The number of nitro groups is 1. The zero-order valence-corrected chi connectivity index (χ0v) is 15.2. The molecule has 3 rings (SSSR count). The molecule has 2 aromatic carbocycles. The third-order valence-electron chi connectivity index (χ3n) is 4.50. The molecule has 6 nitrogen and oxygen atoms in total. The summed E-state index contributed by atoms with van der Waals surface area (Å²) in [4.78, 5) is 25.8. The van der Waals surface area contributed by atoms with Crippen molar-refractivity contribution in [2.45, 2.75) is 29.7 Å². The van der Waals surface area contributed by atoms with E-state index in [1.165, 1.54) is 11.8 Å². The van der Waals surface area contributed by atoms with Crippen molar-refractivity contribution in [3.05, 3.63) is 63.7 Å². The van der Waals surface area contributed by atoms with Crippen molar-refractivity contribution < 1.29 is 14.8 Å². The summed E-state index contributed by atoms with van der Waals surface area (Å²) in [6.45, 7) is 3.71. The van der Waals surface area contributed by atoms with E-state index < -0.39 is 5.97 Å². The van der Waals surface area contributed by atoms with Crippen LogP contribution in [0.25, 0.3) is 0 Å². The van der Waals surface area contributed by atoms with Crippen LogP contribution in [0, 0.1) is 23.0 Å². The van der Waals surface area contributed by atoms with E-state index >= 15 is 0 Å². The summed E-state index contributed by atoms with van der Waals surface area (Å²) in [5, 5.41) is 20.6. The van der Waals surface area contributed by atoms with Gasteiger partial charge in [-0.2, -0.15) is 0 Å². The first-order chi connectivity index (χ1) is 12.4. The number of hydrogen-bond donors (Lipinski definition) is 1. The predicted molar refractivity (Wildman–Crippen MR) is 99.4 cm³/mol. The van der Waals surface area contributed by atoms with Crippen LogP contribution < -0.4 is 0 Å². The van der Waals surface area contributed by atoms with Crippen molar-refractivity contribution in [3.8, 4) is 0 Å². The average molecular weight is 372 g/mol. The van der Waals surface area contributed by atoms with E-state index in [9.17, 15) is 14.9 Å². The van der Waals surface area contributed by atoms with Gasteiger partial charge in [0.05, 0.1) is 15.7 Å². The number of carboxylic acid groups (broad SMARTS) is 1. The molecule has 26 heavy (non-hydrogen) atoms. The van der Waals surface area contributed by atoms with Gasteiger partial charge in [-0.25, -0.2) is 0 Å². The summed E-state index contributed by atoms with van der Waals surface area (Å²) in [6.07, 6.45) is 0.624. The van der Waals surface area contributed by atoms with Gasteiger partial charge in [0.1, 0.15) is 0 Å². The molecule has 0 saturated carbocycles. The molecule has 1 aliphatic heterocycles. The highest BCUT2D eigenvalue weighted by Gasteiger charge is 2.28. The van der Waals surface area contributed by atoms with E-state index in [0.717, 1.165) is 16.0 Å². The number of rotatable bonds is 6. The second-order valence-corrected chi connectivity index (χ2v) is 7.65. The van der Waals surface area contributed by atoms with Gasteiger partial charge < -0.3 is 5.11 Å². The molecule has 0 radical (unpaired) electrons. The van der Waals surface area contributed by atoms with Gasteiger partial charge in [0, 0.05) is 24.1 Å². The summed E-state index contributed by atoms with van der Waals surface area (Å²) in [5.41, 5.74) is 2.06. The Kier molecular flexibility index (Phi) is 5.58. The molecule has 1 heterocycles. The molecule has 1 saturated heterocycles. The zero-order chi connectivity index (χ0) is 18.7. The van der Waals surface area contributed by atoms with Crippen LogP contribution in [0.3, 0.4) is 0 Å². The molecule has 1 N–H and O–H groups in total. The highest BCUT2D eigenvalue weighted by atomic mass is 32.2. The van der Waals surface area contributed by atoms with Crippen LogP contribution in [0.5, 0.6) is 0 Å². The molecule has 0 bridgehead atoms. The van der Waals surface area contributed by atoms with Crippen LogP contribution in [-0.4, -0.2) is 34.0 Å². The SMILES string of the molecule is Cc1ccc(Sc2ccc(CN3CCC(C(=O)O)C3)cc2[N+](=O)[O-])cc1. The lowest BCUT2D eigenvalue weighted by Crippen LogP contribution is -2.22. The largest absolute Gasteiger partial charge is 0.481 e. The Morgan fingerprint density at radius 3 is 2.65 bits per heavy atom.